The van der Waals surface area contributed by atoms with Gasteiger partial charge in [-0.1, -0.05) is 72.7 Å². The number of hydrogen-bond acceptors (Lipinski definition) is 1. The molecule has 0 unspecified atom stereocenters. The van der Waals surface area contributed by atoms with E-state index in [1.807, 2.05) is 0 Å². The van der Waals surface area contributed by atoms with E-state index >= 15 is 0 Å². The SMILES string of the molecule is CCC(C)(C)c1ccc(CCC(C)(C)CNC(C)C)cc1. The average molecular weight is 290 g/mol. The maximum Gasteiger partial charge on any atom is 0.00106 e. The van der Waals surface area contributed by atoms with Crippen molar-refractivity contribution in [1.82, 2.24) is 5.32 Å². The lowest BCUT2D eigenvalue weighted by Gasteiger charge is -2.27. The second-order valence-corrected chi connectivity index (χ2v) is 8.13. The summed E-state index contributed by atoms with van der Waals surface area (Å²) in [5.74, 6) is 0. The van der Waals surface area contributed by atoms with Gasteiger partial charge in [-0.3, -0.25) is 0 Å². The first kappa shape index (κ1) is 18.2. The van der Waals surface area contributed by atoms with Crippen LogP contribution >= 0.6 is 0 Å². The highest BCUT2D eigenvalue weighted by atomic mass is 14.9. The minimum absolute atomic E-state index is 0.291. The van der Waals surface area contributed by atoms with Crippen LogP contribution in [0, 0.1) is 5.41 Å². The fraction of sp³-hybridized carbons (Fsp3) is 0.700. The molecule has 0 aliphatic heterocycles. The van der Waals surface area contributed by atoms with E-state index < -0.39 is 0 Å². The van der Waals surface area contributed by atoms with Gasteiger partial charge >= 0.3 is 0 Å². The Balaban J connectivity index is 2.56. The minimum Gasteiger partial charge on any atom is -0.314 e. The van der Waals surface area contributed by atoms with Crippen molar-refractivity contribution in [2.24, 2.45) is 5.41 Å². The summed E-state index contributed by atoms with van der Waals surface area (Å²) in [7, 11) is 0. The van der Waals surface area contributed by atoms with Crippen LogP contribution in [0.2, 0.25) is 0 Å². The zero-order valence-corrected chi connectivity index (χ0v) is 15.2. The molecule has 0 heterocycles. The molecule has 0 saturated heterocycles. The smallest absolute Gasteiger partial charge is 0.00106 e. The van der Waals surface area contributed by atoms with Crippen molar-refractivity contribution in [3.05, 3.63) is 35.4 Å². The van der Waals surface area contributed by atoms with Gasteiger partial charge in [0.2, 0.25) is 0 Å². The lowest BCUT2D eigenvalue weighted by atomic mass is 9.81. The molecule has 0 fully saturated rings. The average Bonchev–Trinajstić information content (AvgIpc) is 2.44. The van der Waals surface area contributed by atoms with Gasteiger partial charge in [-0.25, -0.2) is 0 Å². The van der Waals surface area contributed by atoms with E-state index in [9.17, 15) is 0 Å². The Bertz CT molecular complexity index is 412. The number of hydrogen-bond donors (Lipinski definition) is 1. The molecule has 120 valence electrons. The van der Waals surface area contributed by atoms with Gasteiger partial charge < -0.3 is 5.32 Å². The summed E-state index contributed by atoms with van der Waals surface area (Å²) < 4.78 is 0. The predicted octanol–water partition coefficient (Wildman–Crippen LogP) is 5.33. The van der Waals surface area contributed by atoms with E-state index in [1.54, 1.807) is 0 Å². The van der Waals surface area contributed by atoms with Crippen LogP contribution in [0.5, 0.6) is 0 Å². The summed E-state index contributed by atoms with van der Waals surface area (Å²) in [6.45, 7) is 17.1. The fourth-order valence-electron chi connectivity index (χ4n) is 2.38. The van der Waals surface area contributed by atoms with Gasteiger partial charge in [-0.2, -0.15) is 0 Å². The molecule has 1 N–H and O–H groups in total. The highest BCUT2D eigenvalue weighted by molar-refractivity contribution is 5.28. The maximum atomic E-state index is 3.56. The Hall–Kier alpha value is -0.820. The number of aryl methyl sites for hydroxylation is 1. The summed E-state index contributed by atoms with van der Waals surface area (Å²) >= 11 is 0. The fourth-order valence-corrected chi connectivity index (χ4v) is 2.38. The molecule has 1 aromatic carbocycles. The Labute approximate surface area is 132 Å². The van der Waals surface area contributed by atoms with Gasteiger partial charge in [0.05, 0.1) is 0 Å². The third kappa shape index (κ3) is 6.22. The Morgan fingerprint density at radius 2 is 1.57 bits per heavy atom. The predicted molar refractivity (Wildman–Crippen MR) is 95.0 cm³/mol. The van der Waals surface area contributed by atoms with E-state index in [0.717, 1.165) is 6.54 Å². The first-order chi connectivity index (χ1) is 9.66. The second-order valence-electron chi connectivity index (χ2n) is 8.13. The lowest BCUT2D eigenvalue weighted by Crippen LogP contribution is -2.34. The van der Waals surface area contributed by atoms with Crippen molar-refractivity contribution in [2.45, 2.75) is 79.2 Å². The third-order valence-corrected chi connectivity index (χ3v) is 4.70. The minimum atomic E-state index is 0.291. The van der Waals surface area contributed by atoms with Gasteiger partial charge in [-0.15, -0.1) is 0 Å². The van der Waals surface area contributed by atoms with E-state index in [1.165, 1.54) is 30.4 Å². The quantitative estimate of drug-likeness (QED) is 0.682. The first-order valence-electron chi connectivity index (χ1n) is 8.49. The molecule has 0 atom stereocenters. The molecule has 21 heavy (non-hydrogen) atoms. The van der Waals surface area contributed by atoms with Gasteiger partial charge in [0.15, 0.2) is 0 Å². The molecule has 1 heteroatoms. The van der Waals surface area contributed by atoms with Crippen molar-refractivity contribution in [1.29, 1.82) is 0 Å². The summed E-state index contributed by atoms with van der Waals surface area (Å²) in [4.78, 5) is 0. The molecule has 0 aromatic heterocycles. The van der Waals surface area contributed by atoms with Gasteiger partial charge in [0.25, 0.3) is 0 Å². The highest BCUT2D eigenvalue weighted by Gasteiger charge is 2.19. The summed E-state index contributed by atoms with van der Waals surface area (Å²) in [5, 5.41) is 3.56. The van der Waals surface area contributed by atoms with Crippen molar-refractivity contribution in [3.8, 4) is 0 Å². The molecule has 1 aromatic rings. The molecule has 0 aliphatic carbocycles. The van der Waals surface area contributed by atoms with E-state index in [0.29, 0.717) is 16.9 Å². The van der Waals surface area contributed by atoms with Crippen LogP contribution in [0.3, 0.4) is 0 Å². The van der Waals surface area contributed by atoms with Crippen molar-refractivity contribution < 1.29 is 0 Å². The molecular formula is C20H35N. The van der Waals surface area contributed by atoms with Crippen LogP contribution in [0.15, 0.2) is 24.3 Å². The van der Waals surface area contributed by atoms with Crippen molar-refractivity contribution >= 4 is 0 Å². The van der Waals surface area contributed by atoms with Gasteiger partial charge in [0.1, 0.15) is 0 Å². The molecule has 0 aliphatic rings. The molecule has 1 rings (SSSR count). The van der Waals surface area contributed by atoms with Gasteiger partial charge in [-0.05, 0) is 41.2 Å². The topological polar surface area (TPSA) is 12.0 Å². The number of nitrogens with one attached hydrogen (secondary N) is 1. The van der Waals surface area contributed by atoms with Crippen molar-refractivity contribution in [3.63, 3.8) is 0 Å². The van der Waals surface area contributed by atoms with Crippen molar-refractivity contribution in [2.75, 3.05) is 6.54 Å². The van der Waals surface area contributed by atoms with Gasteiger partial charge in [0, 0.05) is 12.6 Å². The number of rotatable bonds is 8. The second kappa shape index (κ2) is 7.45. The van der Waals surface area contributed by atoms with Crippen LogP contribution in [-0.2, 0) is 11.8 Å². The molecule has 0 radical (unpaired) electrons. The van der Waals surface area contributed by atoms with Crippen LogP contribution in [-0.4, -0.2) is 12.6 Å². The van der Waals surface area contributed by atoms with E-state index in [2.05, 4.69) is 78.0 Å². The molecule has 1 nitrogen and oxygen atoms in total. The van der Waals surface area contributed by atoms with Crippen LogP contribution in [0.1, 0.15) is 72.4 Å². The van der Waals surface area contributed by atoms with E-state index in [4.69, 9.17) is 0 Å². The summed E-state index contributed by atoms with van der Waals surface area (Å²) in [6, 6.07) is 9.84. The van der Waals surface area contributed by atoms with E-state index in [-0.39, 0.29) is 0 Å². The molecular weight excluding hydrogens is 254 g/mol. The lowest BCUT2D eigenvalue weighted by molar-refractivity contribution is 0.304. The monoisotopic (exact) mass is 289 g/mol. The zero-order chi connectivity index (χ0) is 16.1. The Kier molecular flexibility index (Phi) is 6.46. The third-order valence-electron chi connectivity index (χ3n) is 4.70. The largest absolute Gasteiger partial charge is 0.314 e. The molecule has 0 bridgehead atoms. The highest BCUT2D eigenvalue weighted by Crippen LogP contribution is 2.28. The van der Waals surface area contributed by atoms with Crippen LogP contribution in [0.25, 0.3) is 0 Å². The molecule has 0 saturated carbocycles. The zero-order valence-electron chi connectivity index (χ0n) is 15.2. The summed E-state index contributed by atoms with van der Waals surface area (Å²) in [6.07, 6.45) is 3.57. The molecule has 0 spiro atoms. The maximum absolute atomic E-state index is 3.56. The Morgan fingerprint density at radius 1 is 1.00 bits per heavy atom. The van der Waals surface area contributed by atoms with Crippen LogP contribution in [0.4, 0.5) is 0 Å². The normalized spacial score (nSPS) is 13.0. The number of benzene rings is 1. The van der Waals surface area contributed by atoms with Crippen LogP contribution < -0.4 is 5.32 Å². The summed E-state index contributed by atoms with van der Waals surface area (Å²) in [5.41, 5.74) is 3.56. The standard InChI is InChI=1S/C20H35N/c1-8-20(6,7)18-11-9-17(10-12-18)13-14-19(4,5)15-21-16(2)3/h9-12,16,21H,8,13-15H2,1-7H3. The molecule has 0 amide bonds. The first-order valence-corrected chi connectivity index (χ1v) is 8.49. The Morgan fingerprint density at radius 3 is 2.05 bits per heavy atom.